The van der Waals surface area contributed by atoms with E-state index in [9.17, 15) is 10.2 Å². The highest BCUT2D eigenvalue weighted by Crippen LogP contribution is 2.36. The van der Waals surface area contributed by atoms with Crippen molar-refractivity contribution in [1.82, 2.24) is 9.55 Å². The molecular weight excluding hydrogens is 431 g/mol. The summed E-state index contributed by atoms with van der Waals surface area (Å²) >= 11 is 12.7. The molecule has 0 aliphatic carbocycles. The van der Waals surface area contributed by atoms with E-state index in [0.29, 0.717) is 27.1 Å². The first-order chi connectivity index (χ1) is 14.8. The lowest BCUT2D eigenvalue weighted by molar-refractivity contribution is 0.0743. The second kappa shape index (κ2) is 8.48. The molecule has 0 bridgehead atoms. The number of rotatable bonds is 5. The van der Waals surface area contributed by atoms with Gasteiger partial charge < -0.3 is 10.2 Å². The Labute approximate surface area is 191 Å². The monoisotopic (exact) mass is 452 g/mol. The lowest BCUT2D eigenvalue weighted by Crippen LogP contribution is -2.15. The second-order valence-corrected chi connectivity index (χ2v) is 8.67. The lowest BCUT2D eigenvalue weighted by Gasteiger charge is -2.13. The molecule has 1 heterocycles. The van der Waals surface area contributed by atoms with Crippen LogP contribution in [-0.4, -0.2) is 19.8 Å². The van der Waals surface area contributed by atoms with Crippen LogP contribution < -0.4 is 0 Å². The Morgan fingerprint density at radius 2 is 1.52 bits per heavy atom. The molecule has 4 nitrogen and oxygen atoms in total. The van der Waals surface area contributed by atoms with Gasteiger partial charge in [-0.3, -0.25) is 4.57 Å². The van der Waals surface area contributed by atoms with Crippen LogP contribution in [0.15, 0.2) is 72.9 Å². The molecule has 0 fully saturated rings. The Morgan fingerprint density at radius 3 is 2.10 bits per heavy atom. The summed E-state index contributed by atoms with van der Waals surface area (Å²) in [4.78, 5) is 4.68. The zero-order chi connectivity index (χ0) is 22.2. The number of benzene rings is 3. The second-order valence-electron chi connectivity index (χ2n) is 7.88. The highest BCUT2D eigenvalue weighted by atomic mass is 35.5. The minimum Gasteiger partial charge on any atom is -0.392 e. The van der Waals surface area contributed by atoms with Crippen LogP contribution in [0.5, 0.6) is 0 Å². The third-order valence-electron chi connectivity index (χ3n) is 5.14. The summed E-state index contributed by atoms with van der Waals surface area (Å²) in [7, 11) is 0. The van der Waals surface area contributed by atoms with E-state index in [1.807, 2.05) is 71.4 Å². The predicted octanol–water partition coefficient (Wildman–Crippen LogP) is 6.23. The molecule has 3 aromatic carbocycles. The Bertz CT molecular complexity index is 1210. The molecule has 0 unspecified atom stereocenters. The topological polar surface area (TPSA) is 58.3 Å². The van der Waals surface area contributed by atoms with Gasteiger partial charge in [0, 0.05) is 17.4 Å². The standard InChI is InChI=1S/C25H22Cl2N2O2/c1-25(2,31)22-14-29(24(28-22)20-4-3-5-21(26)23(20)27)19-12-10-18(11-13-19)17-8-6-16(15-30)7-9-17/h3-14,30-31H,15H2,1-2H3. The van der Waals surface area contributed by atoms with Crippen molar-refractivity contribution in [2.75, 3.05) is 0 Å². The van der Waals surface area contributed by atoms with Crippen LogP contribution in [0.4, 0.5) is 0 Å². The summed E-state index contributed by atoms with van der Waals surface area (Å²) in [6.07, 6.45) is 1.82. The van der Waals surface area contributed by atoms with Crippen molar-refractivity contribution in [1.29, 1.82) is 0 Å². The van der Waals surface area contributed by atoms with Gasteiger partial charge in [0.05, 0.1) is 22.3 Å². The number of hydrogen-bond acceptors (Lipinski definition) is 3. The van der Waals surface area contributed by atoms with Crippen molar-refractivity contribution in [3.63, 3.8) is 0 Å². The quantitative estimate of drug-likeness (QED) is 0.377. The van der Waals surface area contributed by atoms with Crippen molar-refractivity contribution in [3.05, 3.63) is 94.2 Å². The van der Waals surface area contributed by atoms with Gasteiger partial charge in [-0.25, -0.2) is 4.98 Å². The fourth-order valence-corrected chi connectivity index (χ4v) is 3.74. The maximum absolute atomic E-state index is 10.5. The van der Waals surface area contributed by atoms with Crippen LogP contribution in [0.2, 0.25) is 10.0 Å². The number of aliphatic hydroxyl groups excluding tert-OH is 1. The molecular formula is C25H22Cl2N2O2. The van der Waals surface area contributed by atoms with Gasteiger partial charge in [0.15, 0.2) is 0 Å². The number of halogens is 2. The molecule has 0 spiro atoms. The summed E-state index contributed by atoms with van der Waals surface area (Å²) in [5.41, 5.74) is 3.98. The van der Waals surface area contributed by atoms with Crippen molar-refractivity contribution >= 4 is 23.2 Å². The molecule has 2 N–H and O–H groups in total. The molecule has 4 rings (SSSR count). The van der Waals surface area contributed by atoms with Gasteiger partial charge in [0.25, 0.3) is 0 Å². The van der Waals surface area contributed by atoms with E-state index in [-0.39, 0.29) is 6.61 Å². The average molecular weight is 453 g/mol. The SMILES string of the molecule is CC(C)(O)c1cn(-c2ccc(-c3ccc(CO)cc3)cc2)c(-c2cccc(Cl)c2Cl)n1. The summed E-state index contributed by atoms with van der Waals surface area (Å²) in [6, 6.07) is 21.2. The zero-order valence-corrected chi connectivity index (χ0v) is 18.7. The van der Waals surface area contributed by atoms with Crippen LogP contribution in [0.25, 0.3) is 28.2 Å². The smallest absolute Gasteiger partial charge is 0.146 e. The molecule has 158 valence electrons. The number of hydrogen-bond donors (Lipinski definition) is 2. The first-order valence-corrected chi connectivity index (χ1v) is 10.6. The van der Waals surface area contributed by atoms with Gasteiger partial charge in [-0.2, -0.15) is 0 Å². The molecule has 1 aromatic heterocycles. The Balaban J connectivity index is 1.79. The van der Waals surface area contributed by atoms with Crippen LogP contribution in [0.1, 0.15) is 25.1 Å². The van der Waals surface area contributed by atoms with E-state index in [1.165, 1.54) is 0 Å². The normalized spacial score (nSPS) is 11.7. The average Bonchev–Trinajstić information content (AvgIpc) is 3.22. The number of aliphatic hydroxyl groups is 2. The van der Waals surface area contributed by atoms with Crippen LogP contribution in [0, 0.1) is 0 Å². The minimum absolute atomic E-state index is 0.0260. The molecule has 0 radical (unpaired) electrons. The fraction of sp³-hybridized carbons (Fsp3) is 0.160. The molecule has 0 aliphatic rings. The third kappa shape index (κ3) is 4.39. The van der Waals surface area contributed by atoms with Gasteiger partial charge in [-0.05, 0) is 54.8 Å². The van der Waals surface area contributed by atoms with E-state index >= 15 is 0 Å². The van der Waals surface area contributed by atoms with Crippen molar-refractivity contribution in [2.24, 2.45) is 0 Å². The third-order valence-corrected chi connectivity index (χ3v) is 5.96. The lowest BCUT2D eigenvalue weighted by atomic mass is 10.0. The predicted molar refractivity (Wildman–Crippen MR) is 126 cm³/mol. The molecule has 6 heteroatoms. The molecule has 0 amide bonds. The zero-order valence-electron chi connectivity index (χ0n) is 17.2. The summed E-state index contributed by atoms with van der Waals surface area (Å²) in [6.45, 7) is 3.42. The Morgan fingerprint density at radius 1 is 0.903 bits per heavy atom. The van der Waals surface area contributed by atoms with E-state index in [1.54, 1.807) is 19.9 Å². The van der Waals surface area contributed by atoms with Crippen LogP contribution in [0.3, 0.4) is 0 Å². The van der Waals surface area contributed by atoms with Gasteiger partial charge in [0.1, 0.15) is 11.4 Å². The molecule has 0 saturated carbocycles. The maximum Gasteiger partial charge on any atom is 0.146 e. The summed E-state index contributed by atoms with van der Waals surface area (Å²) in [5, 5.41) is 20.6. The Hall–Kier alpha value is -2.63. The minimum atomic E-state index is -1.11. The van der Waals surface area contributed by atoms with Gasteiger partial charge >= 0.3 is 0 Å². The molecule has 31 heavy (non-hydrogen) atoms. The molecule has 0 aliphatic heterocycles. The largest absolute Gasteiger partial charge is 0.392 e. The first kappa shape index (κ1) is 21.6. The highest BCUT2D eigenvalue weighted by molar-refractivity contribution is 6.43. The van der Waals surface area contributed by atoms with Gasteiger partial charge in [-0.1, -0.05) is 65.7 Å². The van der Waals surface area contributed by atoms with E-state index in [4.69, 9.17) is 23.2 Å². The summed E-state index contributed by atoms with van der Waals surface area (Å²) in [5.74, 6) is 0.602. The molecule has 4 aromatic rings. The maximum atomic E-state index is 10.5. The summed E-state index contributed by atoms with van der Waals surface area (Å²) < 4.78 is 1.91. The number of aromatic nitrogens is 2. The van der Waals surface area contributed by atoms with Crippen LogP contribution in [-0.2, 0) is 12.2 Å². The van der Waals surface area contributed by atoms with Crippen molar-refractivity contribution in [3.8, 4) is 28.2 Å². The van der Waals surface area contributed by atoms with Gasteiger partial charge in [-0.15, -0.1) is 0 Å². The number of nitrogens with zero attached hydrogens (tertiary/aromatic N) is 2. The Kier molecular flexibility index (Phi) is 5.91. The number of imidazole rings is 1. The van der Waals surface area contributed by atoms with E-state index in [0.717, 1.165) is 22.4 Å². The highest BCUT2D eigenvalue weighted by Gasteiger charge is 2.24. The molecule has 0 saturated heterocycles. The molecule has 0 atom stereocenters. The first-order valence-electron chi connectivity index (χ1n) is 9.85. The van der Waals surface area contributed by atoms with Crippen molar-refractivity contribution < 1.29 is 10.2 Å². The van der Waals surface area contributed by atoms with E-state index in [2.05, 4.69) is 4.98 Å². The fourth-order valence-electron chi connectivity index (χ4n) is 3.36. The van der Waals surface area contributed by atoms with Gasteiger partial charge in [0.2, 0.25) is 0 Å². The van der Waals surface area contributed by atoms with E-state index < -0.39 is 5.60 Å². The van der Waals surface area contributed by atoms with Crippen LogP contribution >= 0.6 is 23.2 Å². The van der Waals surface area contributed by atoms with Crippen molar-refractivity contribution in [2.45, 2.75) is 26.1 Å².